The van der Waals surface area contributed by atoms with Gasteiger partial charge in [-0.05, 0) is 38.3 Å². The molecule has 4 heteroatoms. The van der Waals surface area contributed by atoms with E-state index in [1.54, 1.807) is 17.8 Å². The third kappa shape index (κ3) is 3.43. The number of carbonyl (C=O) groups excluding carboxylic acids is 1. The molecule has 0 aromatic heterocycles. The minimum absolute atomic E-state index is 0.117. The molecule has 0 fully saturated rings. The Bertz CT molecular complexity index is 366. The summed E-state index contributed by atoms with van der Waals surface area (Å²) < 4.78 is 0. The molecule has 1 aromatic carbocycles. The molecule has 1 aromatic rings. The Hall–Kier alpha value is -0.670. The maximum Gasteiger partial charge on any atom is 0.253 e. The van der Waals surface area contributed by atoms with Crippen molar-refractivity contribution < 1.29 is 4.79 Å². The van der Waals surface area contributed by atoms with Crippen molar-refractivity contribution in [2.45, 2.75) is 24.8 Å². The van der Waals surface area contributed by atoms with Gasteiger partial charge < -0.3 is 5.32 Å². The predicted molar refractivity (Wildman–Crippen MR) is 65.8 cm³/mol. The first-order valence-electron chi connectivity index (χ1n) is 4.69. The zero-order valence-electron chi connectivity index (χ0n) is 9.00. The Labute approximate surface area is 99.4 Å². The molecule has 0 bridgehead atoms. The van der Waals surface area contributed by atoms with E-state index >= 15 is 0 Å². The Morgan fingerprint density at radius 2 is 2.13 bits per heavy atom. The van der Waals surface area contributed by atoms with E-state index in [0.717, 1.165) is 4.90 Å². The van der Waals surface area contributed by atoms with Gasteiger partial charge in [-0.25, -0.2) is 0 Å². The number of benzene rings is 1. The Kier molecular flexibility index (Phi) is 4.48. The minimum atomic E-state index is -0.120. The molecule has 0 spiro atoms. The van der Waals surface area contributed by atoms with E-state index < -0.39 is 0 Å². The molecule has 15 heavy (non-hydrogen) atoms. The van der Waals surface area contributed by atoms with Gasteiger partial charge >= 0.3 is 0 Å². The smallest absolute Gasteiger partial charge is 0.253 e. The number of hydrogen-bond donors (Lipinski definition) is 1. The average molecular weight is 244 g/mol. The quantitative estimate of drug-likeness (QED) is 0.826. The summed E-state index contributed by atoms with van der Waals surface area (Å²) in [6.07, 6.45) is 1.97. The second kappa shape index (κ2) is 5.42. The van der Waals surface area contributed by atoms with Gasteiger partial charge in [0.15, 0.2) is 0 Å². The number of thioether (sulfide) groups is 1. The van der Waals surface area contributed by atoms with Crippen molar-refractivity contribution in [3.63, 3.8) is 0 Å². The van der Waals surface area contributed by atoms with E-state index in [1.165, 1.54) is 0 Å². The highest BCUT2D eigenvalue weighted by Crippen LogP contribution is 2.22. The van der Waals surface area contributed by atoms with Gasteiger partial charge in [0.25, 0.3) is 5.91 Å². The standard InChI is InChI=1S/C11H14ClNOS/c1-7(2)13-11(14)9-6-8(15-3)4-5-10(9)12/h4-7H,1-3H3,(H,13,14). The maximum atomic E-state index is 11.7. The lowest BCUT2D eigenvalue weighted by atomic mass is 10.2. The molecule has 0 aliphatic rings. The molecular formula is C11H14ClNOS. The van der Waals surface area contributed by atoms with Crippen molar-refractivity contribution in [3.8, 4) is 0 Å². The van der Waals surface area contributed by atoms with Crippen molar-refractivity contribution in [1.29, 1.82) is 0 Å². The SMILES string of the molecule is CSc1ccc(Cl)c(C(=O)NC(C)C)c1. The summed E-state index contributed by atoms with van der Waals surface area (Å²) in [5.74, 6) is -0.120. The summed E-state index contributed by atoms with van der Waals surface area (Å²) in [5.41, 5.74) is 0.539. The van der Waals surface area contributed by atoms with Crippen LogP contribution in [0.15, 0.2) is 23.1 Å². The zero-order chi connectivity index (χ0) is 11.4. The van der Waals surface area contributed by atoms with Gasteiger partial charge in [-0.3, -0.25) is 4.79 Å². The van der Waals surface area contributed by atoms with E-state index in [1.807, 2.05) is 32.2 Å². The van der Waals surface area contributed by atoms with Gasteiger partial charge in [0.1, 0.15) is 0 Å². The van der Waals surface area contributed by atoms with Gasteiger partial charge in [-0.1, -0.05) is 11.6 Å². The van der Waals surface area contributed by atoms with Gasteiger partial charge in [-0.15, -0.1) is 11.8 Å². The highest BCUT2D eigenvalue weighted by molar-refractivity contribution is 7.98. The molecule has 2 nitrogen and oxygen atoms in total. The summed E-state index contributed by atoms with van der Waals surface area (Å²) in [6.45, 7) is 3.84. The van der Waals surface area contributed by atoms with E-state index in [-0.39, 0.29) is 11.9 Å². The number of nitrogens with one attached hydrogen (secondary N) is 1. The van der Waals surface area contributed by atoms with Crippen molar-refractivity contribution in [2.75, 3.05) is 6.26 Å². The zero-order valence-corrected chi connectivity index (χ0v) is 10.6. The van der Waals surface area contributed by atoms with Crippen molar-refractivity contribution in [3.05, 3.63) is 28.8 Å². The molecule has 0 saturated carbocycles. The normalized spacial score (nSPS) is 10.5. The van der Waals surface area contributed by atoms with E-state index in [4.69, 9.17) is 11.6 Å². The van der Waals surface area contributed by atoms with Crippen LogP contribution >= 0.6 is 23.4 Å². The molecular weight excluding hydrogens is 230 g/mol. The van der Waals surface area contributed by atoms with Crippen LogP contribution in [-0.4, -0.2) is 18.2 Å². The first-order valence-corrected chi connectivity index (χ1v) is 6.29. The first kappa shape index (κ1) is 12.4. The monoisotopic (exact) mass is 243 g/mol. The van der Waals surface area contributed by atoms with Crippen LogP contribution in [0.25, 0.3) is 0 Å². The van der Waals surface area contributed by atoms with Gasteiger partial charge in [-0.2, -0.15) is 0 Å². The fraction of sp³-hybridized carbons (Fsp3) is 0.364. The molecule has 0 heterocycles. The molecule has 0 aliphatic carbocycles. The fourth-order valence-corrected chi connectivity index (χ4v) is 1.79. The highest BCUT2D eigenvalue weighted by Gasteiger charge is 2.11. The molecule has 0 aliphatic heterocycles. The molecule has 1 amide bonds. The lowest BCUT2D eigenvalue weighted by molar-refractivity contribution is 0.0943. The number of halogens is 1. The summed E-state index contributed by atoms with van der Waals surface area (Å²) >= 11 is 7.55. The molecule has 0 radical (unpaired) electrons. The number of rotatable bonds is 3. The number of amides is 1. The summed E-state index contributed by atoms with van der Waals surface area (Å²) in [5, 5.41) is 3.31. The van der Waals surface area contributed by atoms with Crippen LogP contribution in [0.1, 0.15) is 24.2 Å². The van der Waals surface area contributed by atoms with E-state index in [0.29, 0.717) is 10.6 Å². The van der Waals surface area contributed by atoms with E-state index in [2.05, 4.69) is 5.32 Å². The summed E-state index contributed by atoms with van der Waals surface area (Å²) in [7, 11) is 0. The number of hydrogen-bond acceptors (Lipinski definition) is 2. The van der Waals surface area contributed by atoms with Crippen LogP contribution in [0.4, 0.5) is 0 Å². The lowest BCUT2D eigenvalue weighted by Crippen LogP contribution is -2.30. The Balaban J connectivity index is 2.96. The first-order chi connectivity index (χ1) is 7.04. The summed E-state index contributed by atoms with van der Waals surface area (Å²) in [4.78, 5) is 12.8. The highest BCUT2D eigenvalue weighted by atomic mass is 35.5. The second-order valence-corrected chi connectivity index (χ2v) is 4.76. The maximum absolute atomic E-state index is 11.7. The third-order valence-electron chi connectivity index (χ3n) is 1.84. The predicted octanol–water partition coefficient (Wildman–Crippen LogP) is 3.20. The topological polar surface area (TPSA) is 29.1 Å². The summed E-state index contributed by atoms with van der Waals surface area (Å²) in [6, 6.07) is 5.58. The fourth-order valence-electron chi connectivity index (χ4n) is 1.15. The van der Waals surface area contributed by atoms with Gasteiger partial charge in [0.2, 0.25) is 0 Å². The van der Waals surface area contributed by atoms with Crippen LogP contribution in [0.3, 0.4) is 0 Å². The molecule has 1 N–H and O–H groups in total. The number of carbonyl (C=O) groups is 1. The van der Waals surface area contributed by atoms with Crippen molar-refractivity contribution >= 4 is 29.3 Å². The van der Waals surface area contributed by atoms with Crippen LogP contribution in [-0.2, 0) is 0 Å². The van der Waals surface area contributed by atoms with E-state index in [9.17, 15) is 4.79 Å². The molecule has 0 unspecified atom stereocenters. The minimum Gasteiger partial charge on any atom is -0.350 e. The van der Waals surface area contributed by atoms with Crippen LogP contribution in [0.2, 0.25) is 5.02 Å². The van der Waals surface area contributed by atoms with Gasteiger partial charge in [0, 0.05) is 10.9 Å². The molecule has 82 valence electrons. The van der Waals surface area contributed by atoms with Gasteiger partial charge in [0.05, 0.1) is 10.6 Å². The molecule has 0 atom stereocenters. The largest absolute Gasteiger partial charge is 0.350 e. The third-order valence-corrected chi connectivity index (χ3v) is 2.89. The molecule has 1 rings (SSSR count). The molecule has 0 saturated heterocycles. The Morgan fingerprint density at radius 3 is 2.67 bits per heavy atom. The lowest BCUT2D eigenvalue weighted by Gasteiger charge is -2.10. The van der Waals surface area contributed by atoms with Crippen LogP contribution in [0, 0.1) is 0 Å². The van der Waals surface area contributed by atoms with Crippen LogP contribution < -0.4 is 5.32 Å². The Morgan fingerprint density at radius 1 is 1.47 bits per heavy atom. The average Bonchev–Trinajstić information content (AvgIpc) is 2.17. The van der Waals surface area contributed by atoms with Crippen LogP contribution in [0.5, 0.6) is 0 Å². The van der Waals surface area contributed by atoms with Crippen molar-refractivity contribution in [2.24, 2.45) is 0 Å². The van der Waals surface area contributed by atoms with Crippen molar-refractivity contribution in [1.82, 2.24) is 5.32 Å². The second-order valence-electron chi connectivity index (χ2n) is 3.47.